The van der Waals surface area contributed by atoms with E-state index in [1.165, 1.54) is 41.3 Å². The number of allylic oxidation sites excluding steroid dienone is 5. The molecule has 0 aromatic heterocycles. The van der Waals surface area contributed by atoms with Crippen LogP contribution in [0.25, 0.3) is 5.57 Å². The molecule has 2 aromatic carbocycles. The largest absolute Gasteiger partial charge is 0.416 e. The fourth-order valence-electron chi connectivity index (χ4n) is 3.70. The molecule has 1 amide bonds. The summed E-state index contributed by atoms with van der Waals surface area (Å²) in [5.74, 6) is -1.43. The van der Waals surface area contributed by atoms with Crippen molar-refractivity contribution in [1.82, 2.24) is 0 Å². The Hall–Kier alpha value is -3.23. The van der Waals surface area contributed by atoms with Crippen LogP contribution in [0.4, 0.5) is 28.9 Å². The van der Waals surface area contributed by atoms with Crippen LogP contribution in [0.5, 0.6) is 0 Å². The molecular formula is C24H18ClF4NO3. The second kappa shape index (κ2) is 9.72. The molecule has 4 rings (SSSR count). The fourth-order valence-corrected chi connectivity index (χ4v) is 3.96. The average Bonchev–Trinajstić information content (AvgIpc) is 3.08. The first-order chi connectivity index (χ1) is 15.7. The van der Waals surface area contributed by atoms with Crippen molar-refractivity contribution in [3.8, 4) is 0 Å². The second-order valence-corrected chi connectivity index (χ2v) is 7.47. The van der Waals surface area contributed by atoms with Crippen LogP contribution in [-0.4, -0.2) is 30.6 Å². The normalized spacial score (nSPS) is 16.9. The molecule has 0 atom stereocenters. The third kappa shape index (κ3) is 4.62. The highest BCUT2D eigenvalue weighted by Crippen LogP contribution is 2.46. The lowest BCUT2D eigenvalue weighted by Crippen LogP contribution is -2.21. The Balaban J connectivity index is 0.00000149. The Morgan fingerprint density at radius 2 is 1.76 bits per heavy atom. The zero-order valence-electron chi connectivity index (χ0n) is 17.3. The maximum atomic E-state index is 14.8. The minimum atomic E-state index is -4.67. The summed E-state index contributed by atoms with van der Waals surface area (Å²) in [5, 5.41) is 6.96. The molecule has 0 unspecified atom stereocenters. The molecule has 2 aliphatic rings. The van der Waals surface area contributed by atoms with Gasteiger partial charge in [0.15, 0.2) is 0 Å². The van der Waals surface area contributed by atoms with Gasteiger partial charge in [0.25, 0.3) is 5.91 Å². The number of carbonyl (C=O) groups excluding carboxylic acids is 2. The number of aliphatic hydroxyl groups excluding tert-OH is 1. The smallest absolute Gasteiger partial charge is 0.400 e. The van der Waals surface area contributed by atoms with E-state index in [-0.39, 0.29) is 40.3 Å². The Morgan fingerprint density at radius 1 is 1.09 bits per heavy atom. The topological polar surface area (TPSA) is 57.6 Å². The van der Waals surface area contributed by atoms with Crippen LogP contribution in [-0.2, 0) is 4.79 Å². The zero-order valence-corrected chi connectivity index (χ0v) is 18.0. The number of carbonyl (C=O) groups is 2. The number of fused-ring (bicyclic) bond motifs is 1. The second-order valence-electron chi connectivity index (χ2n) is 7.01. The van der Waals surface area contributed by atoms with Crippen LogP contribution in [0.15, 0.2) is 70.8 Å². The van der Waals surface area contributed by atoms with E-state index in [9.17, 15) is 27.2 Å². The van der Waals surface area contributed by atoms with Crippen LogP contribution in [0.1, 0.15) is 28.8 Å². The first-order valence-corrected chi connectivity index (χ1v) is 10.1. The molecule has 33 heavy (non-hydrogen) atoms. The molecule has 1 aliphatic heterocycles. The number of benzene rings is 2. The van der Waals surface area contributed by atoms with Crippen molar-refractivity contribution < 1.29 is 32.3 Å². The summed E-state index contributed by atoms with van der Waals surface area (Å²) in [5.41, 5.74) is -0.688. The molecule has 0 fully saturated rings. The summed E-state index contributed by atoms with van der Waals surface area (Å²) in [4.78, 5) is 25.4. The van der Waals surface area contributed by atoms with Crippen LogP contribution in [0, 0.1) is 5.82 Å². The maximum absolute atomic E-state index is 14.8. The Bertz CT molecular complexity index is 1180. The lowest BCUT2D eigenvalue weighted by atomic mass is 9.93. The molecule has 2 aromatic rings. The molecule has 0 spiro atoms. The summed E-state index contributed by atoms with van der Waals surface area (Å²) in [6.45, 7) is 0. The number of aliphatic hydroxyl groups is 1. The summed E-state index contributed by atoms with van der Waals surface area (Å²) < 4.78 is 55.4. The lowest BCUT2D eigenvalue weighted by molar-refractivity contribution is -0.112. The van der Waals surface area contributed by atoms with Gasteiger partial charge in [0.05, 0.1) is 16.8 Å². The van der Waals surface area contributed by atoms with Gasteiger partial charge in [0, 0.05) is 34.5 Å². The third-order valence-electron chi connectivity index (χ3n) is 5.11. The van der Waals surface area contributed by atoms with E-state index in [1.54, 1.807) is 0 Å². The number of alkyl halides is 3. The van der Waals surface area contributed by atoms with E-state index in [2.05, 4.69) is 0 Å². The van der Waals surface area contributed by atoms with Crippen molar-refractivity contribution in [3.63, 3.8) is 0 Å². The molecule has 0 saturated heterocycles. The van der Waals surface area contributed by atoms with Crippen LogP contribution in [0.2, 0.25) is 0 Å². The van der Waals surface area contributed by atoms with Crippen molar-refractivity contribution in [3.05, 3.63) is 87.7 Å². The van der Waals surface area contributed by atoms with Gasteiger partial charge >= 0.3 is 6.18 Å². The number of hydrogen-bond donors (Lipinski definition) is 1. The van der Waals surface area contributed by atoms with Crippen LogP contribution >= 0.6 is 11.6 Å². The zero-order chi connectivity index (χ0) is 24.3. The van der Waals surface area contributed by atoms with Gasteiger partial charge in [-0.1, -0.05) is 23.7 Å². The minimum absolute atomic E-state index is 0.0400. The van der Waals surface area contributed by atoms with Crippen molar-refractivity contribution in [2.24, 2.45) is 0 Å². The van der Waals surface area contributed by atoms with Gasteiger partial charge < -0.3 is 5.11 Å². The highest BCUT2D eigenvalue weighted by molar-refractivity contribution is 6.36. The van der Waals surface area contributed by atoms with E-state index in [4.69, 9.17) is 16.7 Å². The van der Waals surface area contributed by atoms with Crippen LogP contribution < -0.4 is 4.90 Å². The molecular weight excluding hydrogens is 462 g/mol. The fraction of sp³-hybridized carbons (Fsp3) is 0.167. The molecule has 1 aliphatic carbocycles. The van der Waals surface area contributed by atoms with Gasteiger partial charge in [0.1, 0.15) is 12.1 Å². The minimum Gasteiger partial charge on any atom is -0.400 e. The van der Waals surface area contributed by atoms with Crippen LogP contribution in [0.3, 0.4) is 0 Å². The van der Waals surface area contributed by atoms with Gasteiger partial charge in [-0.3, -0.25) is 14.5 Å². The standard InChI is InChI=1S/C23H14ClF4NO2.CH4O/c24-18-4-1-3-17(23(26,27)28)15(18)11-16-21-19(25)5-2-6-20(21)29(22(16)31)14-9-7-13(12-30)8-10-14;1-2/h2-3,5-12H,1,4H2;2H,1H3/b16-11-;. The number of halogens is 5. The van der Waals surface area contributed by atoms with Gasteiger partial charge in [-0.25, -0.2) is 4.39 Å². The Morgan fingerprint density at radius 3 is 2.36 bits per heavy atom. The highest BCUT2D eigenvalue weighted by Gasteiger charge is 2.40. The average molecular weight is 480 g/mol. The number of amides is 1. The van der Waals surface area contributed by atoms with Gasteiger partial charge in [-0.15, -0.1) is 0 Å². The molecule has 9 heteroatoms. The highest BCUT2D eigenvalue weighted by atomic mass is 35.5. The molecule has 1 N–H and O–H groups in total. The van der Waals surface area contributed by atoms with Crippen molar-refractivity contribution >= 4 is 40.7 Å². The number of hydrogen-bond acceptors (Lipinski definition) is 3. The SMILES string of the molecule is CO.O=Cc1ccc(N2C(=O)/C(=C\C3=C(Cl)CCC=C3C(F)(F)F)c3c(F)cccc32)cc1. The van der Waals surface area contributed by atoms with E-state index in [1.807, 2.05) is 0 Å². The summed E-state index contributed by atoms with van der Waals surface area (Å²) in [7, 11) is 1.00. The van der Waals surface area contributed by atoms with E-state index in [0.717, 1.165) is 25.3 Å². The van der Waals surface area contributed by atoms with E-state index >= 15 is 0 Å². The first-order valence-electron chi connectivity index (χ1n) is 9.73. The number of nitrogens with zero attached hydrogens (tertiary/aromatic N) is 1. The molecule has 4 nitrogen and oxygen atoms in total. The molecule has 172 valence electrons. The molecule has 0 saturated carbocycles. The monoisotopic (exact) mass is 479 g/mol. The maximum Gasteiger partial charge on any atom is 0.416 e. The number of rotatable bonds is 3. The van der Waals surface area contributed by atoms with Gasteiger partial charge in [0.2, 0.25) is 0 Å². The summed E-state index contributed by atoms with van der Waals surface area (Å²) in [6, 6.07) is 10.0. The van der Waals surface area contributed by atoms with E-state index < -0.39 is 23.5 Å². The number of aldehydes is 1. The van der Waals surface area contributed by atoms with Crippen molar-refractivity contribution in [2.45, 2.75) is 19.0 Å². The third-order valence-corrected chi connectivity index (χ3v) is 5.50. The summed E-state index contributed by atoms with van der Waals surface area (Å²) in [6.07, 6.45) is -1.68. The predicted octanol–water partition coefficient (Wildman–Crippen LogP) is 6.08. The van der Waals surface area contributed by atoms with Crippen molar-refractivity contribution in [2.75, 3.05) is 12.0 Å². The molecule has 0 radical (unpaired) electrons. The predicted molar refractivity (Wildman–Crippen MR) is 118 cm³/mol. The van der Waals surface area contributed by atoms with Crippen molar-refractivity contribution in [1.29, 1.82) is 0 Å². The summed E-state index contributed by atoms with van der Waals surface area (Å²) >= 11 is 6.11. The molecule has 1 heterocycles. The van der Waals surface area contributed by atoms with E-state index in [0.29, 0.717) is 17.5 Å². The molecule has 0 bridgehead atoms. The number of anilines is 2. The Kier molecular flexibility index (Phi) is 7.19. The van der Waals surface area contributed by atoms with Gasteiger partial charge in [-0.05, 0) is 55.3 Å². The Labute approximate surface area is 192 Å². The first kappa shape index (κ1) is 24.4. The van der Waals surface area contributed by atoms with Gasteiger partial charge in [-0.2, -0.15) is 13.2 Å². The lowest BCUT2D eigenvalue weighted by Gasteiger charge is -2.19. The quantitative estimate of drug-likeness (QED) is 0.329.